The molecular weight excluding hydrogens is 403 g/mol. The zero-order valence-electron chi connectivity index (χ0n) is 16.7. The predicted molar refractivity (Wildman–Crippen MR) is 122 cm³/mol. The predicted octanol–water partition coefficient (Wildman–Crippen LogP) is 5.07. The summed E-state index contributed by atoms with van der Waals surface area (Å²) in [6.45, 7) is 2.17. The molecule has 1 amide bonds. The van der Waals surface area contributed by atoms with Gasteiger partial charge >= 0.3 is 0 Å². The number of nitrogens with two attached hydrogens (primary N) is 1. The third-order valence-electron chi connectivity index (χ3n) is 6.70. The normalized spacial score (nSPS) is 23.0. The quantitative estimate of drug-likeness (QED) is 0.716. The van der Waals surface area contributed by atoms with Crippen molar-refractivity contribution >= 4 is 29.9 Å². The molecule has 0 bridgehead atoms. The Kier molecular flexibility index (Phi) is 7.26. The van der Waals surface area contributed by atoms with Gasteiger partial charge in [0, 0.05) is 24.0 Å². The molecule has 2 aromatic rings. The highest BCUT2D eigenvalue weighted by atomic mass is 35.5. The summed E-state index contributed by atoms with van der Waals surface area (Å²) in [4.78, 5) is 15.9. The summed E-state index contributed by atoms with van der Waals surface area (Å²) in [6, 6.07) is 18.5. The van der Waals surface area contributed by atoms with Gasteiger partial charge in [-0.3, -0.25) is 4.79 Å². The third-order valence-corrected chi connectivity index (χ3v) is 6.94. The van der Waals surface area contributed by atoms with Crippen LogP contribution in [0.2, 0.25) is 5.02 Å². The zero-order valence-corrected chi connectivity index (χ0v) is 18.3. The maximum atomic E-state index is 13.7. The first-order valence-corrected chi connectivity index (χ1v) is 10.8. The number of carbonyl (C=O) groups is 1. The fourth-order valence-electron chi connectivity index (χ4n) is 5.24. The van der Waals surface area contributed by atoms with Crippen LogP contribution in [-0.2, 0) is 11.2 Å². The minimum atomic E-state index is -0.282. The van der Waals surface area contributed by atoms with Gasteiger partial charge in [0.05, 0.1) is 5.41 Å². The van der Waals surface area contributed by atoms with E-state index in [1.165, 1.54) is 5.56 Å². The smallest absolute Gasteiger partial charge is 0.229 e. The van der Waals surface area contributed by atoms with Gasteiger partial charge in [-0.2, -0.15) is 0 Å². The Morgan fingerprint density at radius 2 is 1.79 bits per heavy atom. The lowest BCUT2D eigenvalue weighted by atomic mass is 9.78. The molecule has 2 fully saturated rings. The first kappa shape index (κ1) is 22.1. The van der Waals surface area contributed by atoms with E-state index in [9.17, 15) is 4.79 Å². The van der Waals surface area contributed by atoms with Crippen molar-refractivity contribution in [2.45, 2.75) is 38.0 Å². The van der Waals surface area contributed by atoms with Crippen LogP contribution in [0.5, 0.6) is 0 Å². The van der Waals surface area contributed by atoms with Gasteiger partial charge in [-0.05, 0) is 55.0 Å². The third kappa shape index (κ3) is 4.63. The molecule has 2 aliphatic rings. The minimum absolute atomic E-state index is 0. The van der Waals surface area contributed by atoms with E-state index < -0.39 is 0 Å². The van der Waals surface area contributed by atoms with Gasteiger partial charge in [0.15, 0.2) is 0 Å². The Bertz CT molecular complexity index is 821. The maximum absolute atomic E-state index is 13.7. The van der Waals surface area contributed by atoms with Gasteiger partial charge < -0.3 is 10.6 Å². The molecular formula is C24H30Cl2N2O. The highest BCUT2D eigenvalue weighted by Crippen LogP contribution is 2.45. The van der Waals surface area contributed by atoms with Gasteiger partial charge in [-0.15, -0.1) is 12.4 Å². The Morgan fingerprint density at radius 1 is 1.07 bits per heavy atom. The van der Waals surface area contributed by atoms with Crippen LogP contribution in [0.25, 0.3) is 0 Å². The molecule has 0 radical (unpaired) electrons. The Balaban J connectivity index is 0.00000240. The molecule has 3 nitrogen and oxygen atoms in total. The SMILES string of the molecule is Cl.NC[C@@H]1CN(C(=O)C2(Cc3cccc(Cl)c3)CCCC2)C[C@H]1c1ccccc1. The molecule has 2 aromatic carbocycles. The summed E-state index contributed by atoms with van der Waals surface area (Å²) in [7, 11) is 0. The molecule has 4 rings (SSSR count). The molecule has 2 atom stereocenters. The van der Waals surface area contributed by atoms with Crippen LogP contribution in [0.3, 0.4) is 0 Å². The lowest BCUT2D eigenvalue weighted by molar-refractivity contribution is -0.141. The van der Waals surface area contributed by atoms with Crippen molar-refractivity contribution in [3.8, 4) is 0 Å². The summed E-state index contributed by atoms with van der Waals surface area (Å²) in [5.41, 5.74) is 8.27. The number of rotatable bonds is 5. The van der Waals surface area contributed by atoms with E-state index in [0.29, 0.717) is 24.3 Å². The minimum Gasteiger partial charge on any atom is -0.341 e. The van der Waals surface area contributed by atoms with Gasteiger partial charge in [0.25, 0.3) is 0 Å². The molecule has 2 N–H and O–H groups in total. The van der Waals surface area contributed by atoms with E-state index >= 15 is 0 Å². The largest absolute Gasteiger partial charge is 0.341 e. The summed E-state index contributed by atoms with van der Waals surface area (Å²) in [5, 5.41) is 0.742. The van der Waals surface area contributed by atoms with E-state index in [1.807, 2.05) is 24.3 Å². The van der Waals surface area contributed by atoms with Crippen LogP contribution in [0.1, 0.15) is 42.7 Å². The zero-order chi connectivity index (χ0) is 19.6. The lowest BCUT2D eigenvalue weighted by Crippen LogP contribution is -2.43. The van der Waals surface area contributed by atoms with E-state index in [0.717, 1.165) is 55.8 Å². The van der Waals surface area contributed by atoms with E-state index in [-0.39, 0.29) is 17.8 Å². The van der Waals surface area contributed by atoms with Crippen molar-refractivity contribution in [2.75, 3.05) is 19.6 Å². The monoisotopic (exact) mass is 432 g/mol. The first-order chi connectivity index (χ1) is 13.6. The first-order valence-electron chi connectivity index (χ1n) is 10.4. The molecule has 1 saturated heterocycles. The van der Waals surface area contributed by atoms with Crippen LogP contribution in [-0.4, -0.2) is 30.4 Å². The van der Waals surface area contributed by atoms with Crippen molar-refractivity contribution in [2.24, 2.45) is 17.1 Å². The number of benzene rings is 2. The van der Waals surface area contributed by atoms with Crippen LogP contribution < -0.4 is 5.73 Å². The van der Waals surface area contributed by atoms with E-state index in [4.69, 9.17) is 17.3 Å². The maximum Gasteiger partial charge on any atom is 0.229 e. The Morgan fingerprint density at radius 3 is 2.45 bits per heavy atom. The van der Waals surface area contributed by atoms with Crippen LogP contribution >= 0.6 is 24.0 Å². The van der Waals surface area contributed by atoms with Crippen LogP contribution in [0.4, 0.5) is 0 Å². The molecule has 1 saturated carbocycles. The Labute approximate surface area is 185 Å². The number of nitrogens with zero attached hydrogens (tertiary/aromatic N) is 1. The van der Waals surface area contributed by atoms with E-state index in [2.05, 4.69) is 35.2 Å². The molecule has 1 heterocycles. The Hall–Kier alpha value is -1.55. The van der Waals surface area contributed by atoms with Crippen molar-refractivity contribution in [3.05, 3.63) is 70.7 Å². The molecule has 0 aromatic heterocycles. The summed E-state index contributed by atoms with van der Waals surface area (Å²) >= 11 is 6.20. The summed E-state index contributed by atoms with van der Waals surface area (Å²) < 4.78 is 0. The molecule has 29 heavy (non-hydrogen) atoms. The fourth-order valence-corrected chi connectivity index (χ4v) is 5.46. The molecule has 0 spiro atoms. The lowest BCUT2D eigenvalue weighted by Gasteiger charge is -2.33. The second-order valence-electron chi connectivity index (χ2n) is 8.52. The molecule has 1 aliphatic heterocycles. The number of amides is 1. The van der Waals surface area contributed by atoms with Crippen molar-refractivity contribution in [1.29, 1.82) is 0 Å². The second kappa shape index (κ2) is 9.51. The molecule has 1 aliphatic carbocycles. The van der Waals surface area contributed by atoms with Crippen molar-refractivity contribution in [3.63, 3.8) is 0 Å². The second-order valence-corrected chi connectivity index (χ2v) is 8.95. The average Bonchev–Trinajstić information content (AvgIpc) is 3.36. The topological polar surface area (TPSA) is 46.3 Å². The van der Waals surface area contributed by atoms with Crippen molar-refractivity contribution in [1.82, 2.24) is 4.90 Å². The molecule has 5 heteroatoms. The fraction of sp³-hybridized carbons (Fsp3) is 0.458. The van der Waals surface area contributed by atoms with Gasteiger partial charge in [0.1, 0.15) is 0 Å². The van der Waals surface area contributed by atoms with Crippen molar-refractivity contribution < 1.29 is 4.79 Å². The standard InChI is InChI=1S/C24H29ClN2O.ClH/c25-21-10-6-7-18(13-21)14-24(11-4-5-12-24)23(28)27-16-20(15-26)22(17-27)19-8-2-1-3-9-19;/h1-3,6-10,13,20,22H,4-5,11-12,14-17,26H2;1H/t20-,22+;/m1./s1. The average molecular weight is 433 g/mol. The summed E-state index contributed by atoms with van der Waals surface area (Å²) in [5.74, 6) is 0.984. The number of hydrogen-bond acceptors (Lipinski definition) is 2. The van der Waals surface area contributed by atoms with Gasteiger partial charge in [0.2, 0.25) is 5.91 Å². The molecule has 156 valence electrons. The highest BCUT2D eigenvalue weighted by Gasteiger charge is 2.46. The number of halogens is 2. The number of carbonyl (C=O) groups excluding carboxylic acids is 1. The van der Waals surface area contributed by atoms with Crippen LogP contribution in [0, 0.1) is 11.3 Å². The number of likely N-dealkylation sites (tertiary alicyclic amines) is 1. The summed E-state index contributed by atoms with van der Waals surface area (Å²) in [6.07, 6.45) is 4.98. The van der Waals surface area contributed by atoms with Gasteiger partial charge in [-0.25, -0.2) is 0 Å². The van der Waals surface area contributed by atoms with Crippen LogP contribution in [0.15, 0.2) is 54.6 Å². The molecule has 0 unspecified atom stereocenters. The highest BCUT2D eigenvalue weighted by molar-refractivity contribution is 6.30. The van der Waals surface area contributed by atoms with Gasteiger partial charge in [-0.1, -0.05) is 66.9 Å². The van der Waals surface area contributed by atoms with E-state index in [1.54, 1.807) is 0 Å². The number of hydrogen-bond donors (Lipinski definition) is 1.